The number of ether oxygens (including phenoxy) is 1. The SMILES string of the molecule is CCN1CCC(COc2cnc(-c3cccc(Cn4c(=O)ccn5c6cc(C#N)ccc6nc45)c3)nc2)CC1. The van der Waals surface area contributed by atoms with Gasteiger partial charge in [-0.3, -0.25) is 13.8 Å². The number of hydrogen-bond donors (Lipinski definition) is 0. The van der Waals surface area contributed by atoms with E-state index in [2.05, 4.69) is 32.8 Å². The van der Waals surface area contributed by atoms with Crippen molar-refractivity contribution in [3.8, 4) is 23.2 Å². The van der Waals surface area contributed by atoms with Crippen LogP contribution in [0, 0.1) is 17.2 Å². The minimum Gasteiger partial charge on any atom is -0.490 e. The minimum atomic E-state index is -0.151. The van der Waals surface area contributed by atoms with E-state index >= 15 is 0 Å². The van der Waals surface area contributed by atoms with Gasteiger partial charge in [0.25, 0.3) is 5.56 Å². The lowest BCUT2D eigenvalue weighted by atomic mass is 9.98. The molecule has 0 saturated carbocycles. The first-order chi connectivity index (χ1) is 19.1. The predicted octanol–water partition coefficient (Wildman–Crippen LogP) is 4.14. The van der Waals surface area contributed by atoms with E-state index in [4.69, 9.17) is 4.74 Å². The van der Waals surface area contributed by atoms with E-state index < -0.39 is 0 Å². The summed E-state index contributed by atoms with van der Waals surface area (Å²) >= 11 is 0. The Bertz CT molecular complexity index is 1730. The fraction of sp³-hybridized carbons (Fsp3) is 0.300. The topological polar surface area (TPSA) is 101 Å². The number of fused-ring (bicyclic) bond motifs is 3. The van der Waals surface area contributed by atoms with Crippen molar-refractivity contribution < 1.29 is 4.74 Å². The number of nitriles is 1. The number of nitrogens with zero attached hydrogens (tertiary/aromatic N) is 7. The number of piperidine rings is 1. The molecular weight excluding hydrogens is 490 g/mol. The lowest BCUT2D eigenvalue weighted by molar-refractivity contribution is 0.145. The van der Waals surface area contributed by atoms with Gasteiger partial charge in [0, 0.05) is 17.8 Å². The summed E-state index contributed by atoms with van der Waals surface area (Å²) in [5, 5.41) is 9.28. The Labute approximate surface area is 226 Å². The highest BCUT2D eigenvalue weighted by molar-refractivity contribution is 5.81. The fourth-order valence-corrected chi connectivity index (χ4v) is 5.18. The van der Waals surface area contributed by atoms with Gasteiger partial charge in [-0.1, -0.05) is 25.1 Å². The van der Waals surface area contributed by atoms with Crippen molar-refractivity contribution in [3.63, 3.8) is 0 Å². The molecule has 2 aromatic carbocycles. The van der Waals surface area contributed by atoms with Gasteiger partial charge in [0.15, 0.2) is 11.6 Å². The van der Waals surface area contributed by atoms with Crippen LogP contribution in [0.2, 0.25) is 0 Å². The Hall–Kier alpha value is -4.55. The van der Waals surface area contributed by atoms with Crippen LogP contribution in [-0.4, -0.2) is 55.1 Å². The molecule has 0 amide bonds. The van der Waals surface area contributed by atoms with Gasteiger partial charge in [0.1, 0.15) is 0 Å². The van der Waals surface area contributed by atoms with Gasteiger partial charge < -0.3 is 9.64 Å². The predicted molar refractivity (Wildman–Crippen MR) is 149 cm³/mol. The van der Waals surface area contributed by atoms with Crippen molar-refractivity contribution in [1.29, 1.82) is 5.26 Å². The molecule has 4 heterocycles. The molecule has 39 heavy (non-hydrogen) atoms. The van der Waals surface area contributed by atoms with E-state index in [0.717, 1.165) is 54.6 Å². The maximum atomic E-state index is 12.9. The van der Waals surface area contributed by atoms with Gasteiger partial charge >= 0.3 is 0 Å². The summed E-state index contributed by atoms with van der Waals surface area (Å²) in [5.41, 5.74) is 3.69. The molecule has 0 unspecified atom stereocenters. The quantitative estimate of drug-likeness (QED) is 0.319. The van der Waals surface area contributed by atoms with Crippen LogP contribution in [0.3, 0.4) is 0 Å². The van der Waals surface area contributed by atoms with Crippen molar-refractivity contribution in [2.24, 2.45) is 5.92 Å². The molecule has 1 fully saturated rings. The van der Waals surface area contributed by atoms with E-state index in [0.29, 0.717) is 42.0 Å². The molecule has 1 saturated heterocycles. The van der Waals surface area contributed by atoms with Crippen molar-refractivity contribution >= 4 is 16.8 Å². The number of benzene rings is 2. The van der Waals surface area contributed by atoms with Crippen molar-refractivity contribution in [2.45, 2.75) is 26.3 Å². The number of likely N-dealkylation sites (tertiary alicyclic amines) is 1. The van der Waals surface area contributed by atoms with E-state index in [1.54, 1.807) is 41.4 Å². The second-order valence-electron chi connectivity index (χ2n) is 9.97. The van der Waals surface area contributed by atoms with Crippen LogP contribution in [0.4, 0.5) is 0 Å². The molecule has 0 N–H and O–H groups in total. The van der Waals surface area contributed by atoms with Gasteiger partial charge in [0.2, 0.25) is 5.78 Å². The largest absolute Gasteiger partial charge is 0.490 e. The summed E-state index contributed by atoms with van der Waals surface area (Å²) in [6.45, 7) is 6.62. The lowest BCUT2D eigenvalue weighted by Gasteiger charge is -2.30. The Morgan fingerprint density at radius 1 is 1.08 bits per heavy atom. The van der Waals surface area contributed by atoms with Crippen LogP contribution < -0.4 is 10.3 Å². The van der Waals surface area contributed by atoms with E-state index in [-0.39, 0.29) is 5.56 Å². The van der Waals surface area contributed by atoms with Crippen LogP contribution in [-0.2, 0) is 6.54 Å². The first kappa shape index (κ1) is 24.8. The fourth-order valence-electron chi connectivity index (χ4n) is 5.18. The zero-order valence-corrected chi connectivity index (χ0v) is 21.8. The molecule has 9 nitrogen and oxygen atoms in total. The summed E-state index contributed by atoms with van der Waals surface area (Å²) in [7, 11) is 0. The van der Waals surface area contributed by atoms with E-state index in [1.165, 1.54) is 6.07 Å². The maximum Gasteiger partial charge on any atom is 0.255 e. The van der Waals surface area contributed by atoms with Gasteiger partial charge in [-0.15, -0.1) is 0 Å². The molecule has 0 aliphatic carbocycles. The van der Waals surface area contributed by atoms with E-state index in [1.807, 2.05) is 28.7 Å². The molecule has 1 aliphatic heterocycles. The molecule has 0 atom stereocenters. The number of rotatable bonds is 7. The summed E-state index contributed by atoms with van der Waals surface area (Å²) in [5.74, 6) is 2.37. The van der Waals surface area contributed by atoms with Gasteiger partial charge in [0.05, 0.1) is 48.2 Å². The molecule has 3 aromatic heterocycles. The second kappa shape index (κ2) is 10.7. The third kappa shape index (κ3) is 5.11. The average molecular weight is 520 g/mol. The first-order valence-corrected chi connectivity index (χ1v) is 13.3. The molecule has 196 valence electrons. The van der Waals surface area contributed by atoms with Crippen molar-refractivity contribution in [3.05, 3.63) is 88.6 Å². The Kier molecular flexibility index (Phi) is 6.78. The highest BCUT2D eigenvalue weighted by Gasteiger charge is 2.19. The maximum absolute atomic E-state index is 12.9. The number of imidazole rings is 1. The standard InChI is InChI=1S/C30H29N7O2/c1-2-35-11-8-21(9-12-35)20-39-25-17-32-29(33-18-25)24-5-3-4-23(14-24)19-37-28(38)10-13-36-27-15-22(16-31)6-7-26(27)34-30(36)37/h3-7,10,13-15,17-18,21H,2,8-9,11-12,19-20H2,1H3. The monoisotopic (exact) mass is 519 g/mol. The van der Waals surface area contributed by atoms with Crippen LogP contribution >= 0.6 is 0 Å². The molecule has 9 heteroatoms. The molecule has 0 bridgehead atoms. The van der Waals surface area contributed by atoms with Crippen LogP contribution in [0.5, 0.6) is 5.75 Å². The smallest absolute Gasteiger partial charge is 0.255 e. The average Bonchev–Trinajstić information content (AvgIpc) is 3.36. The number of aromatic nitrogens is 5. The first-order valence-electron chi connectivity index (χ1n) is 13.3. The molecule has 0 spiro atoms. The summed E-state index contributed by atoms with van der Waals surface area (Å²) in [4.78, 5) is 29.1. The Morgan fingerprint density at radius 3 is 2.67 bits per heavy atom. The molecule has 1 aliphatic rings. The zero-order valence-electron chi connectivity index (χ0n) is 21.8. The van der Waals surface area contributed by atoms with Gasteiger partial charge in [-0.25, -0.2) is 15.0 Å². The van der Waals surface area contributed by atoms with Gasteiger partial charge in [-0.05, 0) is 68.2 Å². The molecule has 5 aromatic rings. The molecular formula is C30H29N7O2. The normalized spacial score (nSPS) is 14.6. The van der Waals surface area contributed by atoms with Crippen LogP contribution in [0.25, 0.3) is 28.2 Å². The molecule has 0 radical (unpaired) electrons. The third-order valence-corrected chi connectivity index (χ3v) is 7.47. The Morgan fingerprint density at radius 2 is 1.90 bits per heavy atom. The number of hydrogen-bond acceptors (Lipinski definition) is 7. The molecule has 6 rings (SSSR count). The minimum absolute atomic E-state index is 0.151. The third-order valence-electron chi connectivity index (χ3n) is 7.47. The second-order valence-corrected chi connectivity index (χ2v) is 9.97. The zero-order chi connectivity index (χ0) is 26.8. The van der Waals surface area contributed by atoms with Crippen LogP contribution in [0.1, 0.15) is 30.9 Å². The van der Waals surface area contributed by atoms with Gasteiger partial charge in [-0.2, -0.15) is 5.26 Å². The highest BCUT2D eigenvalue weighted by Crippen LogP contribution is 2.22. The summed E-state index contributed by atoms with van der Waals surface area (Å²) in [6, 6.07) is 16.8. The van der Waals surface area contributed by atoms with Crippen molar-refractivity contribution in [1.82, 2.24) is 28.8 Å². The Balaban J connectivity index is 1.19. The lowest BCUT2D eigenvalue weighted by Crippen LogP contribution is -2.35. The summed E-state index contributed by atoms with van der Waals surface area (Å²) < 4.78 is 9.47. The highest BCUT2D eigenvalue weighted by atomic mass is 16.5. The van der Waals surface area contributed by atoms with Crippen molar-refractivity contribution in [2.75, 3.05) is 26.2 Å². The summed E-state index contributed by atoms with van der Waals surface area (Å²) in [6.07, 6.45) is 7.48. The van der Waals surface area contributed by atoms with Crippen LogP contribution in [0.15, 0.2) is 71.9 Å². The van der Waals surface area contributed by atoms with E-state index in [9.17, 15) is 10.1 Å².